The van der Waals surface area contributed by atoms with Gasteiger partial charge in [0.1, 0.15) is 0 Å². The van der Waals surface area contributed by atoms with Crippen molar-refractivity contribution in [1.29, 1.82) is 0 Å². The van der Waals surface area contributed by atoms with Gasteiger partial charge in [-0.3, -0.25) is 4.90 Å². The predicted octanol–water partition coefficient (Wildman–Crippen LogP) is 4.49. The Hall–Kier alpha value is -1.64. The monoisotopic (exact) mass is 295 g/mol. The Kier molecular flexibility index (Phi) is 5.25. The zero-order valence-electron chi connectivity index (χ0n) is 13.4. The highest BCUT2D eigenvalue weighted by molar-refractivity contribution is 5.71. The number of unbranched alkanes of at least 4 members (excludes halogenated alkanes) is 2. The summed E-state index contributed by atoms with van der Waals surface area (Å²) in [5.41, 5.74) is 5.70. The SMILES string of the molecule is COCCCCCN1Cc2ccccc2-c2ccccc2C1. The van der Waals surface area contributed by atoms with E-state index in [1.807, 2.05) is 0 Å². The Balaban J connectivity index is 1.74. The van der Waals surface area contributed by atoms with Gasteiger partial charge in [-0.15, -0.1) is 0 Å². The van der Waals surface area contributed by atoms with Gasteiger partial charge in [-0.1, -0.05) is 48.5 Å². The summed E-state index contributed by atoms with van der Waals surface area (Å²) >= 11 is 0. The van der Waals surface area contributed by atoms with E-state index in [0.717, 1.165) is 32.7 Å². The van der Waals surface area contributed by atoms with Gasteiger partial charge in [-0.2, -0.15) is 0 Å². The van der Waals surface area contributed by atoms with E-state index >= 15 is 0 Å². The van der Waals surface area contributed by atoms with Crippen LogP contribution >= 0.6 is 0 Å². The third kappa shape index (κ3) is 3.57. The maximum atomic E-state index is 5.13. The average Bonchev–Trinajstić information content (AvgIpc) is 2.71. The van der Waals surface area contributed by atoms with E-state index < -0.39 is 0 Å². The van der Waals surface area contributed by atoms with Crippen molar-refractivity contribution in [3.8, 4) is 11.1 Å². The first-order valence-electron chi connectivity index (χ1n) is 8.26. The van der Waals surface area contributed by atoms with Crippen LogP contribution in [0.2, 0.25) is 0 Å². The van der Waals surface area contributed by atoms with Crippen LogP contribution in [-0.4, -0.2) is 25.2 Å². The van der Waals surface area contributed by atoms with Crippen LogP contribution in [0.15, 0.2) is 48.5 Å². The number of hydrogen-bond acceptors (Lipinski definition) is 2. The van der Waals surface area contributed by atoms with Gasteiger partial charge < -0.3 is 4.74 Å². The molecule has 2 aromatic carbocycles. The van der Waals surface area contributed by atoms with Crippen molar-refractivity contribution in [1.82, 2.24) is 4.90 Å². The lowest BCUT2D eigenvalue weighted by atomic mass is 9.97. The molecule has 0 bridgehead atoms. The normalized spacial score (nSPS) is 14.2. The molecule has 22 heavy (non-hydrogen) atoms. The molecular weight excluding hydrogens is 270 g/mol. The highest BCUT2D eigenvalue weighted by Crippen LogP contribution is 2.32. The van der Waals surface area contributed by atoms with Crippen LogP contribution < -0.4 is 0 Å². The van der Waals surface area contributed by atoms with Crippen LogP contribution in [0.5, 0.6) is 0 Å². The molecule has 2 aromatic rings. The van der Waals surface area contributed by atoms with E-state index in [2.05, 4.69) is 53.4 Å². The maximum absolute atomic E-state index is 5.13. The Labute approximate surface area is 133 Å². The van der Waals surface area contributed by atoms with E-state index in [9.17, 15) is 0 Å². The third-order valence-corrected chi connectivity index (χ3v) is 4.44. The van der Waals surface area contributed by atoms with Crippen LogP contribution in [0.25, 0.3) is 11.1 Å². The van der Waals surface area contributed by atoms with Gasteiger partial charge in [0.15, 0.2) is 0 Å². The van der Waals surface area contributed by atoms with Gasteiger partial charge in [0.2, 0.25) is 0 Å². The lowest BCUT2D eigenvalue weighted by Gasteiger charge is -2.21. The summed E-state index contributed by atoms with van der Waals surface area (Å²) in [5, 5.41) is 0. The van der Waals surface area contributed by atoms with Gasteiger partial charge in [0, 0.05) is 26.8 Å². The molecule has 0 spiro atoms. The zero-order chi connectivity index (χ0) is 15.2. The van der Waals surface area contributed by atoms with Gasteiger partial charge in [-0.05, 0) is 48.1 Å². The molecule has 0 amide bonds. The second-order valence-corrected chi connectivity index (χ2v) is 6.08. The fourth-order valence-corrected chi connectivity index (χ4v) is 3.30. The summed E-state index contributed by atoms with van der Waals surface area (Å²) in [6.07, 6.45) is 3.65. The Morgan fingerprint density at radius 2 is 1.41 bits per heavy atom. The summed E-state index contributed by atoms with van der Waals surface area (Å²) in [6.45, 7) is 4.14. The van der Waals surface area contributed by atoms with Crippen molar-refractivity contribution >= 4 is 0 Å². The van der Waals surface area contributed by atoms with Crippen molar-refractivity contribution in [2.45, 2.75) is 32.4 Å². The number of hydrogen-bond donors (Lipinski definition) is 0. The summed E-state index contributed by atoms with van der Waals surface area (Å²) in [6, 6.07) is 17.7. The average molecular weight is 295 g/mol. The number of methoxy groups -OCH3 is 1. The van der Waals surface area contributed by atoms with Crippen LogP contribution in [0.1, 0.15) is 30.4 Å². The van der Waals surface area contributed by atoms with Gasteiger partial charge in [0.05, 0.1) is 0 Å². The van der Waals surface area contributed by atoms with E-state index in [-0.39, 0.29) is 0 Å². The first kappa shape index (κ1) is 15.3. The van der Waals surface area contributed by atoms with Crippen LogP contribution in [0.4, 0.5) is 0 Å². The smallest absolute Gasteiger partial charge is 0.0462 e. The van der Waals surface area contributed by atoms with Gasteiger partial charge in [0.25, 0.3) is 0 Å². The highest BCUT2D eigenvalue weighted by atomic mass is 16.5. The summed E-state index contributed by atoms with van der Waals surface area (Å²) in [4.78, 5) is 2.58. The second kappa shape index (κ2) is 7.57. The van der Waals surface area contributed by atoms with E-state index in [0.29, 0.717) is 0 Å². The van der Waals surface area contributed by atoms with Crippen LogP contribution in [0.3, 0.4) is 0 Å². The molecule has 1 heterocycles. The molecule has 0 N–H and O–H groups in total. The number of nitrogens with zero attached hydrogens (tertiary/aromatic N) is 1. The van der Waals surface area contributed by atoms with E-state index in [1.54, 1.807) is 7.11 Å². The molecule has 0 radical (unpaired) electrons. The molecular formula is C20H25NO. The standard InChI is InChI=1S/C20H25NO/c1-22-14-8-2-7-13-21-15-17-9-3-5-11-19(17)20-12-6-4-10-18(20)16-21/h3-6,9-12H,2,7-8,13-16H2,1H3. The lowest BCUT2D eigenvalue weighted by molar-refractivity contribution is 0.188. The largest absolute Gasteiger partial charge is 0.385 e. The first-order valence-corrected chi connectivity index (χ1v) is 8.26. The molecule has 0 aliphatic carbocycles. The van der Waals surface area contributed by atoms with Crippen molar-refractivity contribution in [2.24, 2.45) is 0 Å². The summed E-state index contributed by atoms with van der Waals surface area (Å²) < 4.78 is 5.13. The van der Waals surface area contributed by atoms with Crippen molar-refractivity contribution in [3.05, 3.63) is 59.7 Å². The molecule has 0 saturated carbocycles. The van der Waals surface area contributed by atoms with Gasteiger partial charge >= 0.3 is 0 Å². The minimum absolute atomic E-state index is 0.881. The Bertz CT molecular complexity index is 561. The third-order valence-electron chi connectivity index (χ3n) is 4.44. The minimum atomic E-state index is 0.881. The fraction of sp³-hybridized carbons (Fsp3) is 0.400. The molecule has 116 valence electrons. The molecule has 0 unspecified atom stereocenters. The second-order valence-electron chi connectivity index (χ2n) is 6.08. The van der Waals surface area contributed by atoms with Crippen LogP contribution in [0, 0.1) is 0 Å². The first-order chi connectivity index (χ1) is 10.9. The Morgan fingerprint density at radius 3 is 2.00 bits per heavy atom. The van der Waals surface area contributed by atoms with E-state index in [1.165, 1.54) is 35.1 Å². The number of rotatable bonds is 6. The molecule has 0 saturated heterocycles. The van der Waals surface area contributed by atoms with Gasteiger partial charge in [-0.25, -0.2) is 0 Å². The maximum Gasteiger partial charge on any atom is 0.0462 e. The highest BCUT2D eigenvalue weighted by Gasteiger charge is 2.18. The topological polar surface area (TPSA) is 12.5 Å². The number of fused-ring (bicyclic) bond motifs is 3. The Morgan fingerprint density at radius 1 is 0.818 bits per heavy atom. The van der Waals surface area contributed by atoms with Crippen molar-refractivity contribution in [3.63, 3.8) is 0 Å². The molecule has 0 fully saturated rings. The number of ether oxygens (including phenoxy) is 1. The summed E-state index contributed by atoms with van der Waals surface area (Å²) in [5.74, 6) is 0. The molecule has 2 heteroatoms. The molecule has 0 atom stereocenters. The van der Waals surface area contributed by atoms with E-state index in [4.69, 9.17) is 4.74 Å². The van der Waals surface area contributed by atoms with Crippen molar-refractivity contribution in [2.75, 3.05) is 20.3 Å². The zero-order valence-corrected chi connectivity index (χ0v) is 13.4. The fourth-order valence-electron chi connectivity index (χ4n) is 3.30. The van der Waals surface area contributed by atoms with Crippen LogP contribution in [-0.2, 0) is 17.8 Å². The molecule has 1 aliphatic heterocycles. The minimum Gasteiger partial charge on any atom is -0.385 e. The molecule has 2 nitrogen and oxygen atoms in total. The molecule has 3 rings (SSSR count). The summed E-state index contributed by atoms with van der Waals surface area (Å²) in [7, 11) is 1.78. The van der Waals surface area contributed by atoms with Crippen molar-refractivity contribution < 1.29 is 4.74 Å². The quantitative estimate of drug-likeness (QED) is 0.728. The lowest BCUT2D eigenvalue weighted by Crippen LogP contribution is -2.23. The predicted molar refractivity (Wildman–Crippen MR) is 91.7 cm³/mol. The molecule has 1 aliphatic rings. The molecule has 0 aromatic heterocycles. The number of benzene rings is 2.